The smallest absolute Gasteiger partial charge is 0.0323 e. The average Bonchev–Trinajstić information content (AvgIpc) is 3.03. The highest BCUT2D eigenvalue weighted by molar-refractivity contribution is 4.97. The minimum Gasteiger partial charge on any atom is -0.0856 e. The molecule has 0 aliphatic heterocycles. The molecular formula is C44H88. The van der Waals surface area contributed by atoms with Gasteiger partial charge in [0.25, 0.3) is 0 Å². The predicted molar refractivity (Wildman–Crippen MR) is 205 cm³/mol. The van der Waals surface area contributed by atoms with E-state index < -0.39 is 0 Å². The topological polar surface area (TPSA) is 0 Å². The summed E-state index contributed by atoms with van der Waals surface area (Å²) in [6.07, 6.45) is 59.5. The Bertz CT molecular complexity index is 516. The number of unbranched alkanes of at least 4 members (excludes halogenated alkanes) is 36. The lowest BCUT2D eigenvalue weighted by Crippen LogP contribution is -1.85. The second kappa shape index (κ2) is 40.8. The molecule has 0 heteroatoms. The molecule has 0 unspecified atom stereocenters. The van der Waals surface area contributed by atoms with E-state index in [9.17, 15) is 0 Å². The maximum Gasteiger partial charge on any atom is -0.0323 e. The zero-order chi connectivity index (χ0) is 31.9. The summed E-state index contributed by atoms with van der Waals surface area (Å²) in [5.74, 6) is 0. The molecule has 0 heterocycles. The van der Waals surface area contributed by atoms with Crippen molar-refractivity contribution in [2.75, 3.05) is 0 Å². The van der Waals surface area contributed by atoms with Gasteiger partial charge in [-0.25, -0.2) is 0 Å². The van der Waals surface area contributed by atoms with Gasteiger partial charge in [-0.3, -0.25) is 0 Å². The minimum absolute atomic E-state index is 1.32. The van der Waals surface area contributed by atoms with Crippen molar-refractivity contribution in [2.45, 2.75) is 271 Å². The Kier molecular flexibility index (Phi) is 40.5. The molecule has 0 amide bonds. The molecule has 0 radical (unpaired) electrons. The van der Waals surface area contributed by atoms with Crippen molar-refractivity contribution in [3.05, 3.63) is 11.6 Å². The summed E-state index contributed by atoms with van der Waals surface area (Å²) in [4.78, 5) is 0. The van der Waals surface area contributed by atoms with E-state index in [1.807, 2.05) is 0 Å². The second-order valence-electron chi connectivity index (χ2n) is 15.0. The molecule has 0 spiro atoms. The van der Waals surface area contributed by atoms with Crippen molar-refractivity contribution in [1.29, 1.82) is 0 Å². The van der Waals surface area contributed by atoms with Gasteiger partial charge < -0.3 is 0 Å². The van der Waals surface area contributed by atoms with Crippen LogP contribution in [0.2, 0.25) is 0 Å². The van der Waals surface area contributed by atoms with Crippen molar-refractivity contribution >= 4 is 0 Å². The molecule has 0 saturated carbocycles. The SMILES string of the molecule is CCCCCCCCCCCCCCCCCCCCC=C(C)CCCCCCCCCCCCCCCCCCCCC. The lowest BCUT2D eigenvalue weighted by atomic mass is 10.0. The minimum atomic E-state index is 1.32. The van der Waals surface area contributed by atoms with Crippen molar-refractivity contribution in [3.8, 4) is 0 Å². The van der Waals surface area contributed by atoms with Crippen LogP contribution in [0.25, 0.3) is 0 Å². The predicted octanol–water partition coefficient (Wildman–Crippen LogP) is 17.2. The maximum atomic E-state index is 2.56. The first kappa shape index (κ1) is 43.7. The highest BCUT2D eigenvalue weighted by Crippen LogP contribution is 2.18. The lowest BCUT2D eigenvalue weighted by molar-refractivity contribution is 0.523. The molecule has 0 saturated heterocycles. The molecule has 0 aromatic heterocycles. The molecule has 0 aliphatic carbocycles. The van der Waals surface area contributed by atoms with E-state index in [0.29, 0.717) is 0 Å². The highest BCUT2D eigenvalue weighted by Gasteiger charge is 1.98. The van der Waals surface area contributed by atoms with Gasteiger partial charge in [0, 0.05) is 0 Å². The fraction of sp³-hybridized carbons (Fsp3) is 0.955. The lowest BCUT2D eigenvalue weighted by Gasteiger charge is -2.05. The molecule has 0 rings (SSSR count). The standard InChI is InChI=1S/C44H88/c1-4-6-8-10-12-14-16-18-20-22-24-26-28-30-32-34-36-38-40-42-44(3)43-41-39-37-35-33-31-29-27-25-23-21-19-17-15-13-11-9-7-5-2/h42H,4-41,43H2,1-3H3. The molecule has 0 aromatic rings. The first-order chi connectivity index (χ1) is 21.8. The van der Waals surface area contributed by atoms with Gasteiger partial charge in [0.1, 0.15) is 0 Å². The normalized spacial score (nSPS) is 12.0. The maximum absolute atomic E-state index is 2.56. The molecule has 0 aromatic carbocycles. The first-order valence-corrected chi connectivity index (χ1v) is 21.5. The van der Waals surface area contributed by atoms with Gasteiger partial charge in [0.05, 0.1) is 0 Å². The summed E-state index contributed by atoms with van der Waals surface area (Å²) >= 11 is 0. The molecule has 0 N–H and O–H groups in total. The van der Waals surface area contributed by atoms with Crippen molar-refractivity contribution in [2.24, 2.45) is 0 Å². The van der Waals surface area contributed by atoms with Crippen LogP contribution < -0.4 is 0 Å². The third kappa shape index (κ3) is 39.8. The zero-order valence-electron chi connectivity index (χ0n) is 31.7. The molecule has 0 atom stereocenters. The van der Waals surface area contributed by atoms with Crippen LogP contribution in [-0.2, 0) is 0 Å². The van der Waals surface area contributed by atoms with Gasteiger partial charge in [0.2, 0.25) is 0 Å². The third-order valence-electron chi connectivity index (χ3n) is 10.2. The van der Waals surface area contributed by atoms with E-state index in [4.69, 9.17) is 0 Å². The van der Waals surface area contributed by atoms with Crippen LogP contribution in [-0.4, -0.2) is 0 Å². The summed E-state index contributed by atoms with van der Waals surface area (Å²) in [5.41, 5.74) is 1.66. The van der Waals surface area contributed by atoms with Gasteiger partial charge in [-0.05, 0) is 32.6 Å². The van der Waals surface area contributed by atoms with Gasteiger partial charge in [0.15, 0.2) is 0 Å². The quantitative estimate of drug-likeness (QED) is 0.0476. The Balaban J connectivity index is 3.20. The molecule has 264 valence electrons. The second-order valence-corrected chi connectivity index (χ2v) is 15.0. The van der Waals surface area contributed by atoms with E-state index in [-0.39, 0.29) is 0 Å². The van der Waals surface area contributed by atoms with Crippen LogP contribution in [0, 0.1) is 0 Å². The summed E-state index contributed by atoms with van der Waals surface area (Å²) < 4.78 is 0. The molecule has 0 aliphatic rings. The Labute approximate surface area is 282 Å². The average molecular weight is 617 g/mol. The summed E-state index contributed by atoms with van der Waals surface area (Å²) in [5, 5.41) is 0. The van der Waals surface area contributed by atoms with Gasteiger partial charge in [-0.15, -0.1) is 0 Å². The number of hydrogen-bond acceptors (Lipinski definition) is 0. The van der Waals surface area contributed by atoms with E-state index in [1.165, 1.54) is 250 Å². The van der Waals surface area contributed by atoms with Crippen LogP contribution >= 0.6 is 0 Å². The Hall–Kier alpha value is -0.260. The summed E-state index contributed by atoms with van der Waals surface area (Å²) in [6, 6.07) is 0. The van der Waals surface area contributed by atoms with Crippen molar-refractivity contribution in [3.63, 3.8) is 0 Å². The van der Waals surface area contributed by atoms with E-state index in [1.54, 1.807) is 5.57 Å². The van der Waals surface area contributed by atoms with Crippen LogP contribution in [0.15, 0.2) is 11.6 Å². The first-order valence-electron chi connectivity index (χ1n) is 21.5. The summed E-state index contributed by atoms with van der Waals surface area (Å²) in [7, 11) is 0. The van der Waals surface area contributed by atoms with E-state index in [0.717, 1.165) is 0 Å². The van der Waals surface area contributed by atoms with Crippen molar-refractivity contribution < 1.29 is 0 Å². The van der Waals surface area contributed by atoms with E-state index >= 15 is 0 Å². The Morgan fingerprint density at radius 2 is 0.477 bits per heavy atom. The number of allylic oxidation sites excluding steroid dienone is 2. The number of rotatable bonds is 39. The van der Waals surface area contributed by atoms with Crippen LogP contribution in [0.4, 0.5) is 0 Å². The fourth-order valence-electron chi connectivity index (χ4n) is 6.98. The van der Waals surface area contributed by atoms with Crippen LogP contribution in [0.5, 0.6) is 0 Å². The zero-order valence-corrected chi connectivity index (χ0v) is 31.7. The monoisotopic (exact) mass is 617 g/mol. The Morgan fingerprint density at radius 3 is 0.727 bits per heavy atom. The molecule has 44 heavy (non-hydrogen) atoms. The number of hydrogen-bond donors (Lipinski definition) is 0. The van der Waals surface area contributed by atoms with Gasteiger partial charge in [-0.2, -0.15) is 0 Å². The summed E-state index contributed by atoms with van der Waals surface area (Å²) in [6.45, 7) is 7.00. The molecular weight excluding hydrogens is 528 g/mol. The van der Waals surface area contributed by atoms with E-state index in [2.05, 4.69) is 26.8 Å². The largest absolute Gasteiger partial charge is 0.0856 e. The third-order valence-corrected chi connectivity index (χ3v) is 10.2. The van der Waals surface area contributed by atoms with Crippen LogP contribution in [0.1, 0.15) is 271 Å². The Morgan fingerprint density at radius 1 is 0.273 bits per heavy atom. The molecule has 0 fully saturated rings. The molecule has 0 bridgehead atoms. The van der Waals surface area contributed by atoms with Crippen molar-refractivity contribution in [1.82, 2.24) is 0 Å². The highest BCUT2D eigenvalue weighted by atomic mass is 14.0. The fourth-order valence-corrected chi connectivity index (χ4v) is 6.98. The van der Waals surface area contributed by atoms with Gasteiger partial charge in [-0.1, -0.05) is 250 Å². The molecule has 0 nitrogen and oxygen atoms in total. The van der Waals surface area contributed by atoms with Crippen LogP contribution in [0.3, 0.4) is 0 Å². The van der Waals surface area contributed by atoms with Gasteiger partial charge >= 0.3 is 0 Å².